The lowest BCUT2D eigenvalue weighted by atomic mass is 9.93. The third kappa shape index (κ3) is 4.12. The van der Waals surface area contributed by atoms with E-state index in [1.807, 2.05) is 39.0 Å². The van der Waals surface area contributed by atoms with Crippen LogP contribution in [0.4, 0.5) is 0 Å². The van der Waals surface area contributed by atoms with Crippen LogP contribution in [-0.4, -0.2) is 54.2 Å². The van der Waals surface area contributed by atoms with Crippen molar-refractivity contribution in [1.29, 1.82) is 0 Å². The van der Waals surface area contributed by atoms with Gasteiger partial charge in [-0.05, 0) is 32.9 Å². The Labute approximate surface area is 148 Å². The van der Waals surface area contributed by atoms with E-state index in [1.165, 1.54) is 0 Å². The molecule has 0 unspecified atom stereocenters. The molecule has 2 heterocycles. The number of nitrogens with one attached hydrogen (secondary N) is 1. The quantitative estimate of drug-likeness (QED) is 0.889. The van der Waals surface area contributed by atoms with Crippen molar-refractivity contribution in [3.63, 3.8) is 0 Å². The normalized spacial score (nSPS) is 19.8. The number of carbonyl (C=O) groups excluding carboxylic acids is 2. The van der Waals surface area contributed by atoms with Crippen LogP contribution in [0, 0.1) is 0 Å². The predicted molar refractivity (Wildman–Crippen MR) is 93.7 cm³/mol. The standard InChI is InChI=1S/C19H26N2O4/c1-18(2,3)20-16(22)12-21-13-19(8-10-24-11-9-19)25-15-7-5-4-6-14(15)17(21)23/h4-7H,8-13H2,1-3H3,(H,20,22). The van der Waals surface area contributed by atoms with Gasteiger partial charge in [-0.1, -0.05) is 12.1 Å². The second-order valence-electron chi connectivity index (χ2n) is 7.85. The fraction of sp³-hybridized carbons (Fsp3) is 0.579. The molecule has 1 aromatic rings. The van der Waals surface area contributed by atoms with Gasteiger partial charge in [0.15, 0.2) is 0 Å². The average molecular weight is 346 g/mol. The van der Waals surface area contributed by atoms with Gasteiger partial charge in [0.25, 0.3) is 5.91 Å². The molecule has 0 aliphatic carbocycles. The minimum absolute atomic E-state index is 0.0242. The second-order valence-corrected chi connectivity index (χ2v) is 7.85. The minimum Gasteiger partial charge on any atom is -0.484 e. The lowest BCUT2D eigenvalue weighted by Gasteiger charge is -2.38. The predicted octanol–water partition coefficient (Wildman–Crippen LogP) is 1.99. The molecule has 25 heavy (non-hydrogen) atoms. The van der Waals surface area contributed by atoms with E-state index in [2.05, 4.69) is 5.32 Å². The number of carbonyl (C=O) groups is 2. The first-order valence-corrected chi connectivity index (χ1v) is 8.74. The summed E-state index contributed by atoms with van der Waals surface area (Å²) in [6, 6.07) is 7.25. The van der Waals surface area contributed by atoms with Crippen molar-refractivity contribution >= 4 is 11.8 Å². The molecule has 0 aromatic heterocycles. The van der Waals surface area contributed by atoms with Gasteiger partial charge in [0, 0.05) is 18.4 Å². The molecule has 6 heteroatoms. The number of ether oxygens (including phenoxy) is 2. The van der Waals surface area contributed by atoms with Gasteiger partial charge < -0.3 is 19.7 Å². The van der Waals surface area contributed by atoms with Gasteiger partial charge in [-0.2, -0.15) is 0 Å². The lowest BCUT2D eigenvalue weighted by molar-refractivity contribution is -0.124. The number of hydrogen-bond acceptors (Lipinski definition) is 4. The number of amides is 2. The highest BCUT2D eigenvalue weighted by Gasteiger charge is 2.42. The van der Waals surface area contributed by atoms with Crippen LogP contribution in [-0.2, 0) is 9.53 Å². The van der Waals surface area contributed by atoms with Crippen LogP contribution in [0.2, 0.25) is 0 Å². The first kappa shape index (κ1) is 17.7. The van der Waals surface area contributed by atoms with E-state index in [9.17, 15) is 9.59 Å². The van der Waals surface area contributed by atoms with Gasteiger partial charge in [-0.25, -0.2) is 0 Å². The summed E-state index contributed by atoms with van der Waals surface area (Å²) >= 11 is 0. The first-order chi connectivity index (χ1) is 11.8. The molecule has 0 atom stereocenters. The highest BCUT2D eigenvalue weighted by molar-refractivity contribution is 5.99. The molecule has 136 valence electrons. The Morgan fingerprint density at radius 2 is 1.92 bits per heavy atom. The largest absolute Gasteiger partial charge is 0.484 e. The van der Waals surface area contributed by atoms with Crippen LogP contribution in [0.1, 0.15) is 44.0 Å². The Hall–Kier alpha value is -2.08. The molecular formula is C19H26N2O4. The Morgan fingerprint density at radius 3 is 2.60 bits per heavy atom. The van der Waals surface area contributed by atoms with E-state index >= 15 is 0 Å². The number of fused-ring (bicyclic) bond motifs is 1. The zero-order valence-corrected chi connectivity index (χ0v) is 15.1. The molecule has 0 bridgehead atoms. The molecule has 1 fully saturated rings. The third-order valence-electron chi connectivity index (χ3n) is 4.46. The van der Waals surface area contributed by atoms with E-state index in [1.54, 1.807) is 11.0 Å². The molecule has 2 aliphatic rings. The highest BCUT2D eigenvalue weighted by Crippen LogP contribution is 2.34. The maximum absolute atomic E-state index is 13.0. The number of nitrogens with zero attached hydrogens (tertiary/aromatic N) is 1. The topological polar surface area (TPSA) is 67.9 Å². The molecule has 0 saturated carbocycles. The van der Waals surface area contributed by atoms with Crippen LogP contribution >= 0.6 is 0 Å². The zero-order valence-electron chi connectivity index (χ0n) is 15.1. The Bertz CT molecular complexity index is 660. The Balaban J connectivity index is 1.88. The van der Waals surface area contributed by atoms with Crippen LogP contribution in [0.3, 0.4) is 0 Å². The summed E-state index contributed by atoms with van der Waals surface area (Å²) in [5.74, 6) is 0.263. The number of benzene rings is 1. The molecular weight excluding hydrogens is 320 g/mol. The maximum atomic E-state index is 13.0. The van der Waals surface area contributed by atoms with Crippen molar-refractivity contribution in [3.8, 4) is 5.75 Å². The second kappa shape index (κ2) is 6.67. The average Bonchev–Trinajstić information content (AvgIpc) is 2.62. The monoisotopic (exact) mass is 346 g/mol. The number of hydrogen-bond donors (Lipinski definition) is 1. The van der Waals surface area contributed by atoms with Gasteiger partial charge in [0.05, 0.1) is 25.3 Å². The molecule has 3 rings (SSSR count). The molecule has 1 N–H and O–H groups in total. The summed E-state index contributed by atoms with van der Waals surface area (Å²) in [6.07, 6.45) is 1.40. The van der Waals surface area contributed by atoms with E-state index < -0.39 is 5.60 Å². The van der Waals surface area contributed by atoms with Crippen molar-refractivity contribution in [3.05, 3.63) is 29.8 Å². The van der Waals surface area contributed by atoms with Crippen molar-refractivity contribution in [2.45, 2.75) is 44.8 Å². The SMILES string of the molecule is CC(C)(C)NC(=O)CN1CC2(CCOCC2)Oc2ccccc2C1=O. The van der Waals surface area contributed by atoms with Crippen molar-refractivity contribution in [1.82, 2.24) is 10.2 Å². The molecule has 1 spiro atoms. The summed E-state index contributed by atoms with van der Waals surface area (Å²) in [5, 5.41) is 2.92. The molecule has 0 radical (unpaired) electrons. The van der Waals surface area contributed by atoms with E-state index in [4.69, 9.17) is 9.47 Å². The third-order valence-corrected chi connectivity index (χ3v) is 4.46. The smallest absolute Gasteiger partial charge is 0.258 e. The lowest BCUT2D eigenvalue weighted by Crippen LogP contribution is -2.53. The van der Waals surface area contributed by atoms with Gasteiger partial charge in [-0.15, -0.1) is 0 Å². The summed E-state index contributed by atoms with van der Waals surface area (Å²) < 4.78 is 11.8. The number of rotatable bonds is 2. The van der Waals surface area contributed by atoms with E-state index in [0.29, 0.717) is 43.9 Å². The van der Waals surface area contributed by atoms with Crippen molar-refractivity contribution in [2.75, 3.05) is 26.3 Å². The molecule has 1 aromatic carbocycles. The summed E-state index contributed by atoms with van der Waals surface area (Å²) in [5.41, 5.74) is -0.325. The molecule has 2 amide bonds. The summed E-state index contributed by atoms with van der Waals surface area (Å²) in [4.78, 5) is 27.0. The number of para-hydroxylation sites is 1. The summed E-state index contributed by atoms with van der Waals surface area (Å²) in [6.45, 7) is 7.38. The fourth-order valence-corrected chi connectivity index (χ4v) is 3.35. The van der Waals surface area contributed by atoms with Crippen molar-refractivity contribution < 1.29 is 19.1 Å². The first-order valence-electron chi connectivity index (χ1n) is 8.74. The van der Waals surface area contributed by atoms with Crippen LogP contribution < -0.4 is 10.1 Å². The van der Waals surface area contributed by atoms with Gasteiger partial charge >= 0.3 is 0 Å². The zero-order chi connectivity index (χ0) is 18.1. The van der Waals surface area contributed by atoms with Crippen LogP contribution in [0.25, 0.3) is 0 Å². The minimum atomic E-state index is -0.497. The molecule has 6 nitrogen and oxygen atoms in total. The van der Waals surface area contributed by atoms with Crippen LogP contribution in [0.15, 0.2) is 24.3 Å². The van der Waals surface area contributed by atoms with Crippen LogP contribution in [0.5, 0.6) is 5.75 Å². The van der Waals surface area contributed by atoms with Gasteiger partial charge in [0.1, 0.15) is 17.9 Å². The Morgan fingerprint density at radius 1 is 1.24 bits per heavy atom. The van der Waals surface area contributed by atoms with E-state index in [0.717, 1.165) is 0 Å². The maximum Gasteiger partial charge on any atom is 0.258 e. The fourth-order valence-electron chi connectivity index (χ4n) is 3.35. The molecule has 1 saturated heterocycles. The van der Waals surface area contributed by atoms with Gasteiger partial charge in [0.2, 0.25) is 5.91 Å². The summed E-state index contributed by atoms with van der Waals surface area (Å²) in [7, 11) is 0. The highest BCUT2D eigenvalue weighted by atomic mass is 16.5. The van der Waals surface area contributed by atoms with Gasteiger partial charge in [-0.3, -0.25) is 9.59 Å². The molecule has 2 aliphatic heterocycles. The van der Waals surface area contributed by atoms with E-state index in [-0.39, 0.29) is 23.9 Å². The Kier molecular flexibility index (Phi) is 4.73. The van der Waals surface area contributed by atoms with Crippen molar-refractivity contribution in [2.24, 2.45) is 0 Å².